The largest absolute Gasteiger partial charge is 0.544 e. The number of carbonyl (C=O) groups is 2. The number of benzene rings is 1. The molecule has 0 fully saturated rings. The Kier molecular flexibility index (Phi) is 4.78. The van der Waals surface area contributed by atoms with Crippen LogP contribution in [0.1, 0.15) is 23.7 Å². The van der Waals surface area contributed by atoms with Crippen LogP contribution in [0, 0.1) is 5.82 Å². The quantitative estimate of drug-likeness (QED) is 0.654. The van der Waals surface area contributed by atoms with Gasteiger partial charge < -0.3 is 15.2 Å². The molecular formula is C12H14FNO3. The van der Waals surface area contributed by atoms with Crippen molar-refractivity contribution in [2.45, 2.75) is 19.4 Å². The predicted octanol–water partition coefficient (Wildman–Crippen LogP) is -0.900. The Hall–Kier alpha value is -1.75. The summed E-state index contributed by atoms with van der Waals surface area (Å²) in [6.45, 7) is 1.86. The molecule has 5 heteroatoms. The van der Waals surface area contributed by atoms with Gasteiger partial charge in [-0.05, 0) is 31.2 Å². The molecule has 0 aromatic heterocycles. The van der Waals surface area contributed by atoms with Crippen LogP contribution >= 0.6 is 0 Å². The van der Waals surface area contributed by atoms with Crippen LogP contribution in [0.5, 0.6) is 0 Å². The van der Waals surface area contributed by atoms with Crippen LogP contribution in [0.2, 0.25) is 0 Å². The smallest absolute Gasteiger partial charge is 0.168 e. The van der Waals surface area contributed by atoms with E-state index in [1.807, 2.05) is 0 Å². The zero-order valence-corrected chi connectivity index (χ0v) is 9.48. The van der Waals surface area contributed by atoms with Gasteiger partial charge in [0.05, 0.1) is 18.9 Å². The molecule has 0 aliphatic rings. The minimum absolute atomic E-state index is 0.133. The van der Waals surface area contributed by atoms with E-state index in [2.05, 4.69) is 0 Å². The molecule has 1 atom stereocenters. The van der Waals surface area contributed by atoms with Crippen molar-refractivity contribution in [1.82, 2.24) is 0 Å². The van der Waals surface area contributed by atoms with Gasteiger partial charge in [-0.2, -0.15) is 0 Å². The number of halogens is 1. The summed E-state index contributed by atoms with van der Waals surface area (Å²) in [5.41, 5.74) is 0.431. The molecule has 0 radical (unpaired) electrons. The Bertz CT molecular complexity index is 403. The van der Waals surface area contributed by atoms with E-state index >= 15 is 0 Å². The monoisotopic (exact) mass is 239 g/mol. The van der Waals surface area contributed by atoms with Gasteiger partial charge in [0.25, 0.3) is 0 Å². The van der Waals surface area contributed by atoms with Crippen LogP contribution in [0.3, 0.4) is 0 Å². The molecule has 0 aliphatic carbocycles. The van der Waals surface area contributed by atoms with E-state index in [-0.39, 0.29) is 12.2 Å². The van der Waals surface area contributed by atoms with Gasteiger partial charge in [0, 0.05) is 5.56 Å². The minimum atomic E-state index is -1.15. The number of hydrogen-bond donors (Lipinski definition) is 1. The van der Waals surface area contributed by atoms with Crippen LogP contribution in [-0.2, 0) is 4.79 Å². The number of hydrogen-bond acceptors (Lipinski definition) is 3. The summed E-state index contributed by atoms with van der Waals surface area (Å²) < 4.78 is 12.6. The number of carboxylic acid groups (broad SMARTS) is 1. The molecule has 0 amide bonds. The van der Waals surface area contributed by atoms with Crippen molar-refractivity contribution in [1.29, 1.82) is 0 Å². The van der Waals surface area contributed by atoms with Gasteiger partial charge in [-0.3, -0.25) is 4.79 Å². The van der Waals surface area contributed by atoms with Crippen molar-refractivity contribution in [2.75, 3.05) is 6.54 Å². The SMILES string of the molecule is CC([NH2+]CCC(=O)c1ccc(F)cc1)C(=O)[O-]. The number of aliphatic carboxylic acids is 1. The van der Waals surface area contributed by atoms with Gasteiger partial charge in [-0.25, -0.2) is 4.39 Å². The van der Waals surface area contributed by atoms with Crippen molar-refractivity contribution in [2.24, 2.45) is 0 Å². The second kappa shape index (κ2) is 6.10. The first kappa shape index (κ1) is 13.3. The minimum Gasteiger partial charge on any atom is -0.544 e. The number of rotatable bonds is 6. The molecular weight excluding hydrogens is 225 g/mol. The molecule has 0 heterocycles. The first-order valence-electron chi connectivity index (χ1n) is 5.33. The highest BCUT2D eigenvalue weighted by atomic mass is 19.1. The fourth-order valence-corrected chi connectivity index (χ4v) is 1.34. The first-order valence-corrected chi connectivity index (χ1v) is 5.33. The molecule has 1 unspecified atom stereocenters. The molecule has 2 N–H and O–H groups in total. The standard InChI is InChI=1S/C12H14FNO3/c1-8(12(16)17)14-7-6-11(15)9-2-4-10(13)5-3-9/h2-5,8,14H,6-7H2,1H3,(H,16,17). The first-order chi connectivity index (χ1) is 8.00. The average molecular weight is 239 g/mol. The number of nitrogens with two attached hydrogens (primary N) is 1. The zero-order chi connectivity index (χ0) is 12.8. The highest BCUT2D eigenvalue weighted by molar-refractivity contribution is 5.96. The molecule has 1 rings (SSSR count). The van der Waals surface area contributed by atoms with E-state index in [1.165, 1.54) is 36.5 Å². The zero-order valence-electron chi connectivity index (χ0n) is 9.48. The van der Waals surface area contributed by atoms with Gasteiger partial charge in [0.2, 0.25) is 0 Å². The molecule has 0 spiro atoms. The van der Waals surface area contributed by atoms with Crippen LogP contribution in [0.15, 0.2) is 24.3 Å². The van der Waals surface area contributed by atoms with E-state index in [9.17, 15) is 19.1 Å². The lowest BCUT2D eigenvalue weighted by molar-refractivity contribution is -0.679. The lowest BCUT2D eigenvalue weighted by Crippen LogP contribution is -2.92. The molecule has 1 aromatic rings. The second-order valence-corrected chi connectivity index (χ2v) is 3.81. The molecule has 0 aliphatic heterocycles. The Balaban J connectivity index is 2.40. The molecule has 0 bridgehead atoms. The summed E-state index contributed by atoms with van der Waals surface area (Å²) in [4.78, 5) is 22.0. The van der Waals surface area contributed by atoms with E-state index in [1.54, 1.807) is 0 Å². The summed E-state index contributed by atoms with van der Waals surface area (Å²) in [6, 6.07) is 4.61. The molecule has 1 aromatic carbocycles. The maximum atomic E-state index is 12.6. The van der Waals surface area contributed by atoms with E-state index in [4.69, 9.17) is 0 Å². The normalized spacial score (nSPS) is 12.1. The summed E-state index contributed by atoms with van der Waals surface area (Å²) in [5.74, 6) is -1.68. The molecule has 0 saturated heterocycles. The van der Waals surface area contributed by atoms with Gasteiger partial charge in [-0.15, -0.1) is 0 Å². The summed E-state index contributed by atoms with van der Waals surface area (Å²) in [5, 5.41) is 11.9. The van der Waals surface area contributed by atoms with Gasteiger partial charge in [0.1, 0.15) is 11.9 Å². The number of Topliss-reactive ketones (excluding diaryl/α,β-unsaturated/α-hetero) is 1. The van der Waals surface area contributed by atoms with E-state index in [0.717, 1.165) is 0 Å². The Morgan fingerprint density at radius 3 is 2.47 bits per heavy atom. The lowest BCUT2D eigenvalue weighted by atomic mass is 10.1. The van der Waals surface area contributed by atoms with E-state index in [0.29, 0.717) is 12.1 Å². The van der Waals surface area contributed by atoms with Gasteiger partial charge in [0.15, 0.2) is 5.78 Å². The molecule has 17 heavy (non-hydrogen) atoms. The second-order valence-electron chi connectivity index (χ2n) is 3.81. The van der Waals surface area contributed by atoms with Gasteiger partial charge in [-0.1, -0.05) is 0 Å². The summed E-state index contributed by atoms with van der Waals surface area (Å²) in [7, 11) is 0. The number of carbonyl (C=O) groups excluding carboxylic acids is 2. The highest BCUT2D eigenvalue weighted by Gasteiger charge is 2.09. The summed E-state index contributed by atoms with van der Waals surface area (Å²) >= 11 is 0. The Morgan fingerprint density at radius 1 is 1.35 bits per heavy atom. The lowest BCUT2D eigenvalue weighted by Gasteiger charge is -2.10. The van der Waals surface area contributed by atoms with E-state index < -0.39 is 17.8 Å². The third-order valence-corrected chi connectivity index (χ3v) is 2.43. The molecule has 4 nitrogen and oxygen atoms in total. The third kappa shape index (κ3) is 4.32. The summed E-state index contributed by atoms with van der Waals surface area (Å²) in [6.07, 6.45) is 0.212. The molecule has 92 valence electrons. The third-order valence-electron chi connectivity index (χ3n) is 2.43. The van der Waals surface area contributed by atoms with Crippen molar-refractivity contribution in [3.8, 4) is 0 Å². The highest BCUT2D eigenvalue weighted by Crippen LogP contribution is 2.04. The maximum absolute atomic E-state index is 12.6. The van der Waals surface area contributed by atoms with Crippen molar-refractivity contribution in [3.63, 3.8) is 0 Å². The van der Waals surface area contributed by atoms with Crippen LogP contribution in [0.4, 0.5) is 4.39 Å². The Morgan fingerprint density at radius 2 is 1.94 bits per heavy atom. The Labute approximate surface area is 98.5 Å². The maximum Gasteiger partial charge on any atom is 0.168 e. The predicted molar refractivity (Wildman–Crippen MR) is 56.6 cm³/mol. The molecule has 0 saturated carbocycles. The fraction of sp³-hybridized carbons (Fsp3) is 0.333. The van der Waals surface area contributed by atoms with Crippen LogP contribution in [0.25, 0.3) is 0 Å². The number of quaternary nitrogens is 1. The van der Waals surface area contributed by atoms with Crippen LogP contribution in [-0.4, -0.2) is 24.3 Å². The van der Waals surface area contributed by atoms with Crippen molar-refractivity contribution < 1.29 is 24.4 Å². The fourth-order valence-electron chi connectivity index (χ4n) is 1.34. The van der Waals surface area contributed by atoms with Crippen molar-refractivity contribution in [3.05, 3.63) is 35.6 Å². The topological polar surface area (TPSA) is 73.8 Å². The average Bonchev–Trinajstić information content (AvgIpc) is 2.29. The number of ketones is 1. The number of carboxylic acids is 1. The van der Waals surface area contributed by atoms with Crippen molar-refractivity contribution >= 4 is 11.8 Å². The van der Waals surface area contributed by atoms with Gasteiger partial charge >= 0.3 is 0 Å². The van der Waals surface area contributed by atoms with Crippen LogP contribution < -0.4 is 10.4 Å².